The largest absolute Gasteiger partial charge is 0.481 e. The van der Waals surface area contributed by atoms with Crippen LogP contribution < -0.4 is 5.32 Å². The molecule has 0 radical (unpaired) electrons. The van der Waals surface area contributed by atoms with E-state index >= 15 is 0 Å². The lowest BCUT2D eigenvalue weighted by atomic mass is 9.98. The van der Waals surface area contributed by atoms with Gasteiger partial charge in [-0.05, 0) is 42.5 Å². The maximum Gasteiger partial charge on any atom is 0.407 e. The van der Waals surface area contributed by atoms with E-state index in [2.05, 4.69) is 29.6 Å². The minimum atomic E-state index is -0.964. The van der Waals surface area contributed by atoms with Gasteiger partial charge in [0.1, 0.15) is 12.6 Å². The maximum atomic E-state index is 13.2. The number of nitrogens with one attached hydrogen (secondary N) is 1. The van der Waals surface area contributed by atoms with Gasteiger partial charge in [-0.25, -0.2) is 4.79 Å². The predicted molar refractivity (Wildman–Crippen MR) is 131 cm³/mol. The van der Waals surface area contributed by atoms with E-state index in [0.29, 0.717) is 13.0 Å². The fourth-order valence-electron chi connectivity index (χ4n) is 4.70. The van der Waals surface area contributed by atoms with E-state index in [1.54, 1.807) is 13.8 Å². The van der Waals surface area contributed by atoms with Gasteiger partial charge < -0.3 is 20.1 Å². The first-order valence-corrected chi connectivity index (χ1v) is 12.0. The Morgan fingerprint density at radius 1 is 1.03 bits per heavy atom. The summed E-state index contributed by atoms with van der Waals surface area (Å²) in [6.07, 6.45) is 1.30. The van der Waals surface area contributed by atoms with Gasteiger partial charge in [0.25, 0.3) is 0 Å². The fourth-order valence-corrected chi connectivity index (χ4v) is 4.70. The van der Waals surface area contributed by atoms with E-state index in [1.165, 1.54) is 4.90 Å². The molecule has 2 N–H and O–H groups in total. The minimum Gasteiger partial charge on any atom is -0.481 e. The maximum absolute atomic E-state index is 13.2. The highest BCUT2D eigenvalue weighted by Gasteiger charge is 2.31. The zero-order chi connectivity index (χ0) is 24.7. The molecule has 2 aromatic rings. The highest BCUT2D eigenvalue weighted by molar-refractivity contribution is 5.86. The summed E-state index contributed by atoms with van der Waals surface area (Å²) in [4.78, 5) is 38.6. The molecule has 7 nitrogen and oxygen atoms in total. The zero-order valence-corrected chi connectivity index (χ0v) is 20.1. The Balaban J connectivity index is 1.68. The lowest BCUT2D eigenvalue weighted by molar-refractivity contribution is -0.141. The number of carbonyl (C=O) groups is 3. The van der Waals surface area contributed by atoms with E-state index in [4.69, 9.17) is 9.84 Å². The van der Waals surface area contributed by atoms with E-state index < -0.39 is 24.1 Å². The number of amides is 2. The molecule has 3 rings (SSSR count). The van der Waals surface area contributed by atoms with Crippen molar-refractivity contribution in [3.05, 3.63) is 59.7 Å². The van der Waals surface area contributed by atoms with Crippen LogP contribution in [-0.2, 0) is 14.3 Å². The Morgan fingerprint density at radius 3 is 2.15 bits per heavy atom. The van der Waals surface area contributed by atoms with Crippen molar-refractivity contribution in [1.82, 2.24) is 10.2 Å². The standard InChI is InChI=1S/C27H34N2O5/c1-4-6-15-24(26(32)29(5-2)18(3)16-25(30)31)28-27(33)34-17-23-21-13-9-7-11-19(21)20-12-8-10-14-22(20)23/h7-14,18,23-24H,4-6,15-17H2,1-3H3,(H,28,33)(H,30,31). The van der Waals surface area contributed by atoms with Crippen LogP contribution in [0.25, 0.3) is 11.1 Å². The molecule has 0 heterocycles. The van der Waals surface area contributed by atoms with Gasteiger partial charge in [-0.15, -0.1) is 0 Å². The van der Waals surface area contributed by atoms with E-state index in [0.717, 1.165) is 35.1 Å². The van der Waals surface area contributed by atoms with Crippen LogP contribution >= 0.6 is 0 Å². The number of hydrogen-bond acceptors (Lipinski definition) is 4. The zero-order valence-electron chi connectivity index (χ0n) is 20.1. The van der Waals surface area contributed by atoms with Gasteiger partial charge in [-0.2, -0.15) is 0 Å². The molecule has 0 bridgehead atoms. The number of alkyl carbamates (subject to hydrolysis) is 1. The first-order valence-electron chi connectivity index (χ1n) is 12.0. The first-order chi connectivity index (χ1) is 16.4. The molecular formula is C27H34N2O5. The fraction of sp³-hybridized carbons (Fsp3) is 0.444. The third kappa shape index (κ3) is 5.76. The van der Waals surface area contributed by atoms with Crippen LogP contribution in [0.1, 0.15) is 63.5 Å². The summed E-state index contributed by atoms with van der Waals surface area (Å²) in [5.74, 6) is -1.31. The number of carboxylic acid groups (broad SMARTS) is 1. The van der Waals surface area contributed by atoms with Crippen molar-refractivity contribution in [2.45, 2.75) is 64.5 Å². The molecule has 2 unspecified atom stereocenters. The molecule has 0 aliphatic heterocycles. The second-order valence-corrected chi connectivity index (χ2v) is 8.74. The topological polar surface area (TPSA) is 95.9 Å². The molecule has 0 spiro atoms. The van der Waals surface area contributed by atoms with E-state index in [-0.39, 0.29) is 24.9 Å². The van der Waals surface area contributed by atoms with Crippen molar-refractivity contribution in [1.29, 1.82) is 0 Å². The molecule has 0 saturated carbocycles. The van der Waals surface area contributed by atoms with Crippen LogP contribution in [0.5, 0.6) is 0 Å². The summed E-state index contributed by atoms with van der Waals surface area (Å²) in [6.45, 7) is 6.06. The van der Waals surface area contributed by atoms with Crippen molar-refractivity contribution in [2.24, 2.45) is 0 Å². The average molecular weight is 467 g/mol. The van der Waals surface area contributed by atoms with Crippen LogP contribution in [0.2, 0.25) is 0 Å². The van der Waals surface area contributed by atoms with Crippen molar-refractivity contribution in [3.8, 4) is 11.1 Å². The number of unbranched alkanes of at least 4 members (excludes halogenated alkanes) is 1. The van der Waals surface area contributed by atoms with Gasteiger partial charge in [0.15, 0.2) is 0 Å². The Kier molecular flexibility index (Phi) is 8.68. The normalized spacial score (nSPS) is 14.0. The summed E-state index contributed by atoms with van der Waals surface area (Å²) in [7, 11) is 0. The summed E-state index contributed by atoms with van der Waals surface area (Å²) < 4.78 is 5.62. The Labute approximate surface area is 201 Å². The number of nitrogens with zero attached hydrogens (tertiary/aromatic N) is 1. The van der Waals surface area contributed by atoms with Crippen LogP contribution in [0.15, 0.2) is 48.5 Å². The molecule has 1 aliphatic rings. The van der Waals surface area contributed by atoms with E-state index in [1.807, 2.05) is 31.2 Å². The van der Waals surface area contributed by atoms with Crippen LogP contribution in [-0.4, -0.2) is 53.2 Å². The number of fused-ring (bicyclic) bond motifs is 3. The average Bonchev–Trinajstić information content (AvgIpc) is 3.14. The van der Waals surface area contributed by atoms with Crippen molar-refractivity contribution < 1.29 is 24.2 Å². The monoisotopic (exact) mass is 466 g/mol. The molecular weight excluding hydrogens is 432 g/mol. The van der Waals surface area contributed by atoms with Gasteiger partial charge in [0.05, 0.1) is 6.42 Å². The Hall–Kier alpha value is -3.35. The predicted octanol–water partition coefficient (Wildman–Crippen LogP) is 4.80. The summed E-state index contributed by atoms with van der Waals surface area (Å²) >= 11 is 0. The SMILES string of the molecule is CCCCC(NC(=O)OCC1c2ccccc2-c2ccccc21)C(=O)N(CC)C(C)CC(=O)O. The lowest BCUT2D eigenvalue weighted by Crippen LogP contribution is -2.51. The minimum absolute atomic E-state index is 0.0642. The molecule has 0 fully saturated rings. The number of carbonyl (C=O) groups excluding carboxylic acids is 2. The molecule has 182 valence electrons. The molecule has 0 aromatic heterocycles. The molecule has 7 heteroatoms. The van der Waals surface area contributed by atoms with Gasteiger partial charge in [0, 0.05) is 18.5 Å². The van der Waals surface area contributed by atoms with Crippen LogP contribution in [0.4, 0.5) is 4.79 Å². The molecule has 2 atom stereocenters. The number of hydrogen-bond donors (Lipinski definition) is 2. The molecule has 0 saturated heterocycles. The number of rotatable bonds is 11. The number of likely N-dealkylation sites (N-methyl/N-ethyl adjacent to an activating group) is 1. The molecule has 34 heavy (non-hydrogen) atoms. The number of ether oxygens (including phenoxy) is 1. The highest BCUT2D eigenvalue weighted by atomic mass is 16.5. The summed E-state index contributed by atoms with van der Waals surface area (Å²) in [6, 6.07) is 15.0. The number of carboxylic acids is 1. The summed E-state index contributed by atoms with van der Waals surface area (Å²) in [5, 5.41) is 11.9. The Morgan fingerprint density at radius 2 is 1.62 bits per heavy atom. The summed E-state index contributed by atoms with van der Waals surface area (Å²) in [5.41, 5.74) is 4.53. The molecule has 2 aromatic carbocycles. The Bertz CT molecular complexity index is 976. The van der Waals surface area contributed by atoms with Crippen LogP contribution in [0, 0.1) is 0 Å². The third-order valence-electron chi connectivity index (χ3n) is 6.41. The van der Waals surface area contributed by atoms with Gasteiger partial charge in [-0.1, -0.05) is 68.3 Å². The van der Waals surface area contributed by atoms with Crippen LogP contribution in [0.3, 0.4) is 0 Å². The van der Waals surface area contributed by atoms with Crippen molar-refractivity contribution >= 4 is 18.0 Å². The molecule has 2 amide bonds. The van der Waals surface area contributed by atoms with Gasteiger partial charge >= 0.3 is 12.1 Å². The third-order valence-corrected chi connectivity index (χ3v) is 6.41. The van der Waals surface area contributed by atoms with E-state index in [9.17, 15) is 14.4 Å². The smallest absolute Gasteiger partial charge is 0.407 e. The van der Waals surface area contributed by atoms with Crippen molar-refractivity contribution in [3.63, 3.8) is 0 Å². The van der Waals surface area contributed by atoms with Gasteiger partial charge in [0.2, 0.25) is 5.91 Å². The highest BCUT2D eigenvalue weighted by Crippen LogP contribution is 2.44. The lowest BCUT2D eigenvalue weighted by Gasteiger charge is -2.31. The molecule has 1 aliphatic carbocycles. The number of aliphatic carboxylic acids is 1. The van der Waals surface area contributed by atoms with Crippen molar-refractivity contribution in [2.75, 3.05) is 13.2 Å². The number of benzene rings is 2. The second kappa shape index (κ2) is 11.7. The second-order valence-electron chi connectivity index (χ2n) is 8.74. The first kappa shape index (κ1) is 25.3. The quantitative estimate of drug-likeness (QED) is 0.496. The van der Waals surface area contributed by atoms with Gasteiger partial charge in [-0.3, -0.25) is 9.59 Å².